The zero-order valence-corrected chi connectivity index (χ0v) is 13.8. The van der Waals surface area contributed by atoms with E-state index in [-0.39, 0.29) is 18.6 Å². The zero-order chi connectivity index (χ0) is 15.9. The highest BCUT2D eigenvalue weighted by Gasteiger charge is 2.32. The summed E-state index contributed by atoms with van der Waals surface area (Å²) in [4.78, 5) is 26.9. The number of amides is 2. The molecule has 0 aromatic heterocycles. The van der Waals surface area contributed by atoms with Crippen LogP contribution in [0.15, 0.2) is 0 Å². The monoisotopic (exact) mass is 286 g/mol. The van der Waals surface area contributed by atoms with Gasteiger partial charge in [0.15, 0.2) is 0 Å². The van der Waals surface area contributed by atoms with Crippen molar-refractivity contribution >= 4 is 12.0 Å². The molecule has 5 heteroatoms. The number of hydrogen-bond donors (Lipinski definition) is 1. The number of carboxylic acids is 1. The van der Waals surface area contributed by atoms with Crippen molar-refractivity contribution in [2.75, 3.05) is 13.1 Å². The largest absolute Gasteiger partial charge is 0.480 e. The highest BCUT2D eigenvalue weighted by Crippen LogP contribution is 2.17. The number of nitrogens with zero attached hydrogens (tertiary/aromatic N) is 2. The average molecular weight is 286 g/mol. The minimum absolute atomic E-state index is 0.0676. The van der Waals surface area contributed by atoms with Gasteiger partial charge in [-0.1, -0.05) is 19.8 Å². The minimum Gasteiger partial charge on any atom is -0.480 e. The summed E-state index contributed by atoms with van der Waals surface area (Å²) < 4.78 is 0. The molecule has 0 bridgehead atoms. The minimum atomic E-state index is -0.981. The Morgan fingerprint density at radius 2 is 1.70 bits per heavy atom. The summed E-state index contributed by atoms with van der Waals surface area (Å²) in [5.74, 6) is -0.981. The molecular weight excluding hydrogens is 256 g/mol. The Labute approximate surface area is 122 Å². The van der Waals surface area contributed by atoms with Crippen LogP contribution in [0.1, 0.15) is 60.8 Å². The summed E-state index contributed by atoms with van der Waals surface area (Å²) in [7, 11) is 0. The summed E-state index contributed by atoms with van der Waals surface area (Å²) >= 11 is 0. The predicted octanol–water partition coefficient (Wildman–Crippen LogP) is 3.19. The average Bonchev–Trinajstić information content (AvgIpc) is 2.29. The molecule has 0 saturated heterocycles. The molecule has 118 valence electrons. The quantitative estimate of drug-likeness (QED) is 0.731. The maximum Gasteiger partial charge on any atom is 0.323 e. The Morgan fingerprint density at radius 1 is 1.15 bits per heavy atom. The van der Waals surface area contributed by atoms with E-state index in [0.29, 0.717) is 6.54 Å². The van der Waals surface area contributed by atoms with Crippen molar-refractivity contribution in [1.82, 2.24) is 9.80 Å². The smallest absolute Gasteiger partial charge is 0.323 e. The van der Waals surface area contributed by atoms with Gasteiger partial charge in [-0.2, -0.15) is 0 Å². The standard InChI is InChI=1S/C15H30N2O3/c1-7-8-9-10-16(12(2)3)14(20)17(11-13(18)19)15(4,5)6/h12H,7-11H2,1-6H3,(H,18,19). The first kappa shape index (κ1) is 18.7. The molecule has 0 heterocycles. The van der Waals surface area contributed by atoms with E-state index < -0.39 is 11.5 Å². The van der Waals surface area contributed by atoms with Crippen molar-refractivity contribution in [2.45, 2.75) is 72.4 Å². The summed E-state index contributed by atoms with van der Waals surface area (Å²) in [5.41, 5.74) is -0.507. The number of rotatable bonds is 7. The van der Waals surface area contributed by atoms with Gasteiger partial charge in [0.25, 0.3) is 0 Å². The summed E-state index contributed by atoms with van der Waals surface area (Å²) in [6, 6.07) is -0.121. The summed E-state index contributed by atoms with van der Waals surface area (Å²) in [6.07, 6.45) is 3.12. The van der Waals surface area contributed by atoms with Gasteiger partial charge in [0.05, 0.1) is 0 Å². The third-order valence-electron chi connectivity index (χ3n) is 3.21. The van der Waals surface area contributed by atoms with Gasteiger partial charge < -0.3 is 14.9 Å². The molecule has 0 saturated carbocycles. The van der Waals surface area contributed by atoms with Gasteiger partial charge in [0.2, 0.25) is 0 Å². The van der Waals surface area contributed by atoms with Crippen molar-refractivity contribution in [3.05, 3.63) is 0 Å². The molecule has 5 nitrogen and oxygen atoms in total. The molecule has 0 fully saturated rings. The summed E-state index contributed by atoms with van der Waals surface area (Å²) in [5, 5.41) is 9.02. The fraction of sp³-hybridized carbons (Fsp3) is 0.867. The highest BCUT2D eigenvalue weighted by atomic mass is 16.4. The maximum absolute atomic E-state index is 12.6. The van der Waals surface area contributed by atoms with Crippen molar-refractivity contribution in [1.29, 1.82) is 0 Å². The number of aliphatic carboxylic acids is 1. The van der Waals surface area contributed by atoms with Crippen LogP contribution < -0.4 is 0 Å². The molecule has 0 aromatic carbocycles. The lowest BCUT2D eigenvalue weighted by Crippen LogP contribution is -2.55. The van der Waals surface area contributed by atoms with E-state index in [1.807, 2.05) is 34.6 Å². The molecule has 0 rings (SSSR count). The normalized spacial score (nSPS) is 11.6. The number of carboxylic acid groups (broad SMARTS) is 1. The Balaban J connectivity index is 5.00. The van der Waals surface area contributed by atoms with E-state index in [9.17, 15) is 9.59 Å². The highest BCUT2D eigenvalue weighted by molar-refractivity contribution is 5.81. The van der Waals surface area contributed by atoms with Crippen molar-refractivity contribution < 1.29 is 14.7 Å². The molecule has 0 spiro atoms. The van der Waals surface area contributed by atoms with Crippen LogP contribution in [0, 0.1) is 0 Å². The lowest BCUT2D eigenvalue weighted by Gasteiger charge is -2.39. The van der Waals surface area contributed by atoms with Crippen LogP contribution in [-0.4, -0.2) is 51.6 Å². The van der Waals surface area contributed by atoms with E-state index in [0.717, 1.165) is 19.3 Å². The second-order valence-electron chi connectivity index (χ2n) is 6.43. The van der Waals surface area contributed by atoms with Crippen LogP contribution in [-0.2, 0) is 4.79 Å². The molecule has 0 aromatic rings. The van der Waals surface area contributed by atoms with Crippen LogP contribution in [0.25, 0.3) is 0 Å². The van der Waals surface area contributed by atoms with E-state index >= 15 is 0 Å². The van der Waals surface area contributed by atoms with E-state index in [1.165, 1.54) is 4.90 Å². The first-order chi connectivity index (χ1) is 9.11. The third-order valence-corrected chi connectivity index (χ3v) is 3.21. The van der Waals surface area contributed by atoms with Gasteiger partial charge in [-0.05, 0) is 41.0 Å². The fourth-order valence-corrected chi connectivity index (χ4v) is 1.99. The van der Waals surface area contributed by atoms with Gasteiger partial charge in [-0.3, -0.25) is 4.79 Å². The van der Waals surface area contributed by atoms with Crippen LogP contribution in [0.4, 0.5) is 4.79 Å². The van der Waals surface area contributed by atoms with E-state index in [1.54, 1.807) is 4.90 Å². The molecule has 0 aliphatic carbocycles. The van der Waals surface area contributed by atoms with Crippen molar-refractivity contribution in [3.8, 4) is 0 Å². The Hall–Kier alpha value is -1.26. The van der Waals surface area contributed by atoms with Gasteiger partial charge in [0.1, 0.15) is 6.54 Å². The van der Waals surface area contributed by atoms with Crippen LogP contribution >= 0.6 is 0 Å². The van der Waals surface area contributed by atoms with Gasteiger partial charge in [-0.25, -0.2) is 4.79 Å². The molecular formula is C15H30N2O3. The summed E-state index contributed by atoms with van der Waals surface area (Å²) in [6.45, 7) is 12.0. The first-order valence-electron chi connectivity index (χ1n) is 7.41. The lowest BCUT2D eigenvalue weighted by molar-refractivity contribution is -0.138. The zero-order valence-electron chi connectivity index (χ0n) is 13.8. The molecule has 0 aliphatic rings. The number of unbranched alkanes of at least 4 members (excludes halogenated alkanes) is 2. The lowest BCUT2D eigenvalue weighted by atomic mass is 10.1. The number of urea groups is 1. The third kappa shape index (κ3) is 6.26. The number of carbonyl (C=O) groups is 2. The maximum atomic E-state index is 12.6. The van der Waals surface area contributed by atoms with Gasteiger partial charge >= 0.3 is 12.0 Å². The topological polar surface area (TPSA) is 60.9 Å². The van der Waals surface area contributed by atoms with Crippen LogP contribution in [0.3, 0.4) is 0 Å². The SMILES string of the molecule is CCCCCN(C(=O)N(CC(=O)O)C(C)(C)C)C(C)C. The van der Waals surface area contributed by atoms with E-state index in [4.69, 9.17) is 5.11 Å². The van der Waals surface area contributed by atoms with Gasteiger partial charge in [-0.15, -0.1) is 0 Å². The molecule has 20 heavy (non-hydrogen) atoms. The Kier molecular flexibility index (Phi) is 7.61. The van der Waals surface area contributed by atoms with E-state index in [2.05, 4.69) is 6.92 Å². The molecule has 2 amide bonds. The molecule has 0 radical (unpaired) electrons. The molecule has 0 aliphatic heterocycles. The molecule has 0 atom stereocenters. The van der Waals surface area contributed by atoms with Gasteiger partial charge in [0, 0.05) is 18.1 Å². The second-order valence-corrected chi connectivity index (χ2v) is 6.43. The number of hydrogen-bond acceptors (Lipinski definition) is 2. The Morgan fingerprint density at radius 3 is 2.05 bits per heavy atom. The van der Waals surface area contributed by atoms with Crippen molar-refractivity contribution in [3.63, 3.8) is 0 Å². The van der Waals surface area contributed by atoms with Crippen molar-refractivity contribution in [2.24, 2.45) is 0 Å². The predicted molar refractivity (Wildman–Crippen MR) is 80.9 cm³/mol. The molecule has 1 N–H and O–H groups in total. The first-order valence-corrected chi connectivity index (χ1v) is 7.41. The van der Waals surface area contributed by atoms with Crippen LogP contribution in [0.2, 0.25) is 0 Å². The number of carbonyl (C=O) groups excluding carboxylic acids is 1. The fourth-order valence-electron chi connectivity index (χ4n) is 1.99. The molecule has 0 unspecified atom stereocenters. The van der Waals surface area contributed by atoms with Crippen LogP contribution in [0.5, 0.6) is 0 Å². The Bertz CT molecular complexity index is 322. The second kappa shape index (κ2) is 8.12.